The predicted octanol–water partition coefficient (Wildman–Crippen LogP) is 1.82. The molecule has 1 aromatic rings. The standard InChI is InChI=1S/C15H23NO3S/c1-15(2,11-16-8-9-19-3)13-10-20(17,18)14-7-5-4-6-12(13)14/h4-7,13,16H,8-11H2,1-3H3. The molecule has 0 saturated carbocycles. The van der Waals surface area contributed by atoms with E-state index in [0.29, 0.717) is 11.5 Å². The average Bonchev–Trinajstić information content (AvgIpc) is 2.68. The molecule has 0 aliphatic carbocycles. The quantitative estimate of drug-likeness (QED) is 0.814. The molecule has 1 N–H and O–H groups in total. The zero-order valence-corrected chi connectivity index (χ0v) is 13.2. The Hall–Kier alpha value is -0.910. The van der Waals surface area contributed by atoms with E-state index >= 15 is 0 Å². The van der Waals surface area contributed by atoms with E-state index in [9.17, 15) is 8.42 Å². The van der Waals surface area contributed by atoms with Gasteiger partial charge < -0.3 is 10.1 Å². The van der Waals surface area contributed by atoms with Crippen LogP contribution in [0, 0.1) is 5.41 Å². The van der Waals surface area contributed by atoms with Crippen molar-refractivity contribution in [3.8, 4) is 0 Å². The Bertz CT molecular complexity index is 566. The van der Waals surface area contributed by atoms with Crippen molar-refractivity contribution in [2.24, 2.45) is 5.41 Å². The number of nitrogens with one attached hydrogen (secondary N) is 1. The van der Waals surface area contributed by atoms with Gasteiger partial charge in [-0.1, -0.05) is 32.0 Å². The molecule has 2 rings (SSSR count). The molecule has 1 aliphatic heterocycles. The summed E-state index contributed by atoms with van der Waals surface area (Å²) in [4.78, 5) is 0.509. The van der Waals surface area contributed by atoms with Crippen molar-refractivity contribution < 1.29 is 13.2 Å². The second-order valence-corrected chi connectivity index (χ2v) is 8.03. The fraction of sp³-hybridized carbons (Fsp3) is 0.600. The third-order valence-corrected chi connectivity index (χ3v) is 5.84. The second-order valence-electron chi connectivity index (χ2n) is 6.03. The van der Waals surface area contributed by atoms with Gasteiger partial charge in [-0.2, -0.15) is 0 Å². The Labute approximate surface area is 121 Å². The highest BCUT2D eigenvalue weighted by atomic mass is 32.2. The molecule has 0 saturated heterocycles. The molecular formula is C15H23NO3S. The number of benzene rings is 1. The fourth-order valence-electron chi connectivity index (χ4n) is 2.81. The third kappa shape index (κ3) is 3.05. The van der Waals surface area contributed by atoms with E-state index in [-0.39, 0.29) is 17.1 Å². The van der Waals surface area contributed by atoms with Gasteiger partial charge in [0.05, 0.1) is 17.3 Å². The van der Waals surface area contributed by atoms with Gasteiger partial charge in [-0.3, -0.25) is 0 Å². The molecule has 0 fully saturated rings. The van der Waals surface area contributed by atoms with Gasteiger partial charge in [0.2, 0.25) is 0 Å². The first-order valence-electron chi connectivity index (χ1n) is 6.90. The lowest BCUT2D eigenvalue weighted by Gasteiger charge is -2.32. The Morgan fingerprint density at radius 3 is 2.75 bits per heavy atom. The van der Waals surface area contributed by atoms with E-state index in [1.807, 2.05) is 12.1 Å². The SMILES string of the molecule is COCCNCC(C)(C)C1CS(=O)(=O)c2ccccc21. The average molecular weight is 297 g/mol. The molecule has 0 radical (unpaired) electrons. The van der Waals surface area contributed by atoms with Crippen LogP contribution in [-0.2, 0) is 14.6 Å². The largest absolute Gasteiger partial charge is 0.383 e. The van der Waals surface area contributed by atoms with E-state index in [2.05, 4.69) is 19.2 Å². The summed E-state index contributed by atoms with van der Waals surface area (Å²) in [5, 5.41) is 3.34. The lowest BCUT2D eigenvalue weighted by molar-refractivity contribution is 0.191. The van der Waals surface area contributed by atoms with E-state index in [1.165, 1.54) is 0 Å². The van der Waals surface area contributed by atoms with Crippen molar-refractivity contribution in [1.29, 1.82) is 0 Å². The topological polar surface area (TPSA) is 55.4 Å². The van der Waals surface area contributed by atoms with Crippen LogP contribution in [0.1, 0.15) is 25.3 Å². The van der Waals surface area contributed by atoms with Gasteiger partial charge >= 0.3 is 0 Å². The summed E-state index contributed by atoms with van der Waals surface area (Å²) in [5.41, 5.74) is 0.846. The van der Waals surface area contributed by atoms with Gasteiger partial charge in [0.1, 0.15) is 0 Å². The minimum atomic E-state index is -3.13. The monoisotopic (exact) mass is 297 g/mol. The molecule has 0 spiro atoms. The molecule has 0 aromatic heterocycles. The first kappa shape index (κ1) is 15.5. The number of hydrogen-bond donors (Lipinski definition) is 1. The maximum absolute atomic E-state index is 12.2. The lowest BCUT2D eigenvalue weighted by atomic mass is 9.76. The second kappa shape index (κ2) is 5.84. The molecule has 1 heterocycles. The number of ether oxygens (including phenoxy) is 1. The van der Waals surface area contributed by atoms with Gasteiger partial charge in [0.15, 0.2) is 9.84 Å². The van der Waals surface area contributed by atoms with Crippen molar-refractivity contribution in [2.45, 2.75) is 24.7 Å². The molecule has 4 nitrogen and oxygen atoms in total. The zero-order chi connectivity index (χ0) is 14.8. The lowest BCUT2D eigenvalue weighted by Crippen LogP contribution is -2.36. The molecular weight excluding hydrogens is 274 g/mol. The summed E-state index contributed by atoms with van der Waals surface area (Å²) >= 11 is 0. The Morgan fingerprint density at radius 2 is 2.05 bits per heavy atom. The molecule has 5 heteroatoms. The third-order valence-electron chi connectivity index (χ3n) is 4.02. The smallest absolute Gasteiger partial charge is 0.179 e. The number of fused-ring (bicyclic) bond motifs is 1. The van der Waals surface area contributed by atoms with Gasteiger partial charge in [0.25, 0.3) is 0 Å². The van der Waals surface area contributed by atoms with E-state index in [4.69, 9.17) is 4.74 Å². The Morgan fingerprint density at radius 1 is 1.35 bits per heavy atom. The highest BCUT2D eigenvalue weighted by molar-refractivity contribution is 7.91. The van der Waals surface area contributed by atoms with Crippen LogP contribution < -0.4 is 5.32 Å². The van der Waals surface area contributed by atoms with Crippen LogP contribution >= 0.6 is 0 Å². The van der Waals surface area contributed by atoms with Crippen molar-refractivity contribution >= 4 is 9.84 Å². The van der Waals surface area contributed by atoms with Crippen molar-refractivity contribution in [3.05, 3.63) is 29.8 Å². The summed E-state index contributed by atoms with van der Waals surface area (Å²) < 4.78 is 29.5. The molecule has 0 amide bonds. The fourth-order valence-corrected chi connectivity index (χ4v) is 4.91. The van der Waals surface area contributed by atoms with Crippen molar-refractivity contribution in [3.63, 3.8) is 0 Å². The molecule has 1 aromatic carbocycles. The van der Waals surface area contributed by atoms with Gasteiger partial charge in [-0.15, -0.1) is 0 Å². The van der Waals surface area contributed by atoms with Crippen LogP contribution in [0.15, 0.2) is 29.2 Å². The minimum Gasteiger partial charge on any atom is -0.383 e. The van der Waals surface area contributed by atoms with Crippen LogP contribution in [0.5, 0.6) is 0 Å². The molecule has 112 valence electrons. The van der Waals surface area contributed by atoms with Crippen LogP contribution in [0.3, 0.4) is 0 Å². The molecule has 0 bridgehead atoms. The summed E-state index contributed by atoms with van der Waals surface area (Å²) in [6.07, 6.45) is 0. The number of methoxy groups -OCH3 is 1. The molecule has 1 atom stereocenters. The summed E-state index contributed by atoms with van der Waals surface area (Å²) in [6, 6.07) is 7.38. The highest BCUT2D eigenvalue weighted by Crippen LogP contribution is 2.44. The van der Waals surface area contributed by atoms with E-state index in [0.717, 1.165) is 18.7 Å². The first-order valence-corrected chi connectivity index (χ1v) is 8.55. The molecule has 20 heavy (non-hydrogen) atoms. The van der Waals surface area contributed by atoms with Crippen LogP contribution in [0.2, 0.25) is 0 Å². The van der Waals surface area contributed by atoms with Crippen LogP contribution in [0.4, 0.5) is 0 Å². The summed E-state index contributed by atoms with van der Waals surface area (Å²) in [5.74, 6) is 0.254. The predicted molar refractivity (Wildman–Crippen MR) is 79.8 cm³/mol. The molecule has 1 unspecified atom stereocenters. The van der Waals surface area contributed by atoms with Crippen LogP contribution in [0.25, 0.3) is 0 Å². The van der Waals surface area contributed by atoms with Gasteiger partial charge in [0, 0.05) is 26.1 Å². The summed E-state index contributed by atoms with van der Waals surface area (Å²) in [7, 11) is -1.45. The van der Waals surface area contributed by atoms with E-state index < -0.39 is 9.84 Å². The molecule has 1 aliphatic rings. The number of rotatable bonds is 6. The van der Waals surface area contributed by atoms with E-state index in [1.54, 1.807) is 19.2 Å². The van der Waals surface area contributed by atoms with Crippen molar-refractivity contribution in [1.82, 2.24) is 5.32 Å². The van der Waals surface area contributed by atoms with Crippen molar-refractivity contribution in [2.75, 3.05) is 32.6 Å². The number of sulfone groups is 1. The summed E-state index contributed by atoms with van der Waals surface area (Å²) in [6.45, 7) is 6.45. The normalized spacial score (nSPS) is 20.9. The van der Waals surface area contributed by atoms with Gasteiger partial charge in [-0.25, -0.2) is 8.42 Å². The Balaban J connectivity index is 2.17. The maximum atomic E-state index is 12.2. The first-order chi connectivity index (χ1) is 9.38. The maximum Gasteiger partial charge on any atom is 0.179 e. The zero-order valence-electron chi connectivity index (χ0n) is 12.3. The van der Waals surface area contributed by atoms with Gasteiger partial charge in [-0.05, 0) is 17.0 Å². The van der Waals surface area contributed by atoms with Crippen LogP contribution in [-0.4, -0.2) is 41.0 Å². The highest BCUT2D eigenvalue weighted by Gasteiger charge is 2.42. The number of hydrogen-bond acceptors (Lipinski definition) is 4. The minimum absolute atomic E-state index is 0.0405. The Kier molecular flexibility index (Phi) is 4.52.